The van der Waals surface area contributed by atoms with Gasteiger partial charge < -0.3 is 15.1 Å². The summed E-state index contributed by atoms with van der Waals surface area (Å²) in [6.45, 7) is 1.10. The van der Waals surface area contributed by atoms with Gasteiger partial charge in [0, 0.05) is 26.2 Å². The molecule has 0 radical (unpaired) electrons. The minimum atomic E-state index is -1.50. The smallest absolute Gasteiger partial charge is 0.322 e. The number of hydrogen-bond acceptors (Lipinski definition) is 3. The van der Waals surface area contributed by atoms with Crippen molar-refractivity contribution in [2.45, 2.75) is 0 Å². The molecule has 1 saturated heterocycles. The number of piperazine rings is 1. The normalized spacial score (nSPS) is 14.1. The summed E-state index contributed by atoms with van der Waals surface area (Å²) in [5.41, 5.74) is 0.733. The Labute approximate surface area is 148 Å². The molecule has 0 aromatic heterocycles. The summed E-state index contributed by atoms with van der Waals surface area (Å²) in [5.74, 6) is -3.97. The van der Waals surface area contributed by atoms with Crippen LogP contribution in [0.15, 0.2) is 36.4 Å². The van der Waals surface area contributed by atoms with Crippen molar-refractivity contribution in [3.8, 4) is 6.07 Å². The van der Waals surface area contributed by atoms with Crippen molar-refractivity contribution in [1.29, 1.82) is 5.26 Å². The zero-order chi connectivity index (χ0) is 18.7. The monoisotopic (exact) mass is 360 g/mol. The van der Waals surface area contributed by atoms with Gasteiger partial charge in [-0.1, -0.05) is 12.1 Å². The molecule has 0 atom stereocenters. The Bertz CT molecular complexity index is 873. The number of rotatable bonds is 2. The molecule has 0 spiro atoms. The molecule has 3 rings (SSSR count). The number of benzene rings is 2. The lowest BCUT2D eigenvalue weighted by molar-refractivity contribution is 0.208. The number of carbonyl (C=O) groups excluding carboxylic acids is 1. The van der Waals surface area contributed by atoms with E-state index in [-0.39, 0.29) is 37.9 Å². The first-order chi connectivity index (χ1) is 12.5. The minimum Gasteiger partial charge on any atom is -0.366 e. The molecule has 0 saturated carbocycles. The number of anilines is 2. The lowest BCUT2D eigenvalue weighted by Gasteiger charge is -2.36. The van der Waals surface area contributed by atoms with Gasteiger partial charge in [-0.3, -0.25) is 0 Å². The van der Waals surface area contributed by atoms with Crippen LogP contribution in [0.1, 0.15) is 5.56 Å². The maximum absolute atomic E-state index is 13.9. The van der Waals surface area contributed by atoms with E-state index in [0.717, 1.165) is 6.07 Å². The minimum absolute atomic E-state index is 0.0289. The molecule has 5 nitrogen and oxygen atoms in total. The Kier molecular flexibility index (Phi) is 4.98. The van der Waals surface area contributed by atoms with Gasteiger partial charge in [-0.05, 0) is 24.3 Å². The second kappa shape index (κ2) is 7.35. The van der Waals surface area contributed by atoms with Crippen molar-refractivity contribution >= 4 is 17.4 Å². The maximum Gasteiger partial charge on any atom is 0.322 e. The number of hydrogen-bond donors (Lipinski definition) is 1. The molecule has 8 heteroatoms. The van der Waals surface area contributed by atoms with Crippen molar-refractivity contribution in [3.05, 3.63) is 59.4 Å². The van der Waals surface area contributed by atoms with Gasteiger partial charge in [0.2, 0.25) is 0 Å². The molecule has 0 unspecified atom stereocenters. The number of carbonyl (C=O) groups is 1. The summed E-state index contributed by atoms with van der Waals surface area (Å²) in [6.07, 6.45) is 0. The summed E-state index contributed by atoms with van der Waals surface area (Å²) < 4.78 is 40.3. The fourth-order valence-electron chi connectivity index (χ4n) is 2.79. The Balaban J connectivity index is 1.64. The highest BCUT2D eigenvalue weighted by atomic mass is 19.2. The van der Waals surface area contributed by atoms with Crippen LogP contribution in [0.2, 0.25) is 0 Å². The predicted molar refractivity (Wildman–Crippen MR) is 90.3 cm³/mol. The lowest BCUT2D eigenvalue weighted by atomic mass is 10.2. The fraction of sp³-hybridized carbons (Fsp3) is 0.222. The predicted octanol–water partition coefficient (Wildman–Crippen LogP) is 3.33. The van der Waals surface area contributed by atoms with E-state index < -0.39 is 17.5 Å². The SMILES string of the molecule is N#Cc1ccccc1NC(=O)N1CCN(c2ccc(F)c(F)c2F)CC1. The maximum atomic E-state index is 13.9. The summed E-state index contributed by atoms with van der Waals surface area (Å²) in [4.78, 5) is 15.4. The fourth-order valence-corrected chi connectivity index (χ4v) is 2.79. The molecule has 1 aliphatic rings. The highest BCUT2D eigenvalue weighted by molar-refractivity contribution is 5.91. The topological polar surface area (TPSA) is 59.4 Å². The van der Waals surface area contributed by atoms with E-state index in [4.69, 9.17) is 5.26 Å². The molecule has 1 fully saturated rings. The average Bonchev–Trinajstić information content (AvgIpc) is 2.67. The summed E-state index contributed by atoms with van der Waals surface area (Å²) in [7, 11) is 0. The summed E-state index contributed by atoms with van der Waals surface area (Å²) in [5, 5.41) is 11.7. The molecule has 2 aromatic carbocycles. The zero-order valence-electron chi connectivity index (χ0n) is 13.7. The first-order valence-electron chi connectivity index (χ1n) is 7.94. The molecule has 1 aliphatic heterocycles. The molecular formula is C18H15F3N4O. The van der Waals surface area contributed by atoms with Crippen molar-refractivity contribution in [2.75, 3.05) is 36.4 Å². The highest BCUT2D eigenvalue weighted by Crippen LogP contribution is 2.25. The molecular weight excluding hydrogens is 345 g/mol. The average molecular weight is 360 g/mol. The van der Waals surface area contributed by atoms with Crippen LogP contribution in [0.3, 0.4) is 0 Å². The van der Waals surface area contributed by atoms with Crippen LogP contribution < -0.4 is 10.2 Å². The van der Waals surface area contributed by atoms with Gasteiger partial charge in [0.1, 0.15) is 6.07 Å². The quantitative estimate of drug-likeness (QED) is 0.836. The van der Waals surface area contributed by atoms with E-state index in [1.165, 1.54) is 11.0 Å². The van der Waals surface area contributed by atoms with E-state index in [9.17, 15) is 18.0 Å². The van der Waals surface area contributed by atoms with Crippen molar-refractivity contribution < 1.29 is 18.0 Å². The number of urea groups is 1. The number of halogens is 3. The van der Waals surface area contributed by atoms with E-state index in [0.29, 0.717) is 11.3 Å². The Morgan fingerprint density at radius 3 is 2.38 bits per heavy atom. The van der Waals surface area contributed by atoms with Crippen LogP contribution in [-0.2, 0) is 0 Å². The third-order valence-electron chi connectivity index (χ3n) is 4.21. The number of nitriles is 1. The number of amides is 2. The van der Waals surface area contributed by atoms with Crippen molar-refractivity contribution in [1.82, 2.24) is 4.90 Å². The van der Waals surface area contributed by atoms with Crippen LogP contribution in [0, 0.1) is 28.8 Å². The molecule has 26 heavy (non-hydrogen) atoms. The van der Waals surface area contributed by atoms with Crippen LogP contribution >= 0.6 is 0 Å². The Morgan fingerprint density at radius 1 is 1.00 bits per heavy atom. The largest absolute Gasteiger partial charge is 0.366 e. The second-order valence-electron chi connectivity index (χ2n) is 5.76. The molecule has 2 amide bonds. The van der Waals surface area contributed by atoms with Gasteiger partial charge in [0.15, 0.2) is 17.5 Å². The Morgan fingerprint density at radius 2 is 1.69 bits per heavy atom. The van der Waals surface area contributed by atoms with Gasteiger partial charge in [-0.2, -0.15) is 5.26 Å². The molecule has 1 heterocycles. The van der Waals surface area contributed by atoms with E-state index in [1.54, 1.807) is 29.2 Å². The van der Waals surface area contributed by atoms with Gasteiger partial charge in [-0.15, -0.1) is 0 Å². The number of para-hydroxylation sites is 1. The zero-order valence-corrected chi connectivity index (χ0v) is 13.7. The third kappa shape index (κ3) is 3.42. The highest BCUT2D eigenvalue weighted by Gasteiger charge is 2.25. The van der Waals surface area contributed by atoms with Gasteiger partial charge in [0.25, 0.3) is 0 Å². The van der Waals surface area contributed by atoms with E-state index >= 15 is 0 Å². The molecule has 1 N–H and O–H groups in total. The molecule has 134 valence electrons. The van der Waals surface area contributed by atoms with Crippen molar-refractivity contribution in [3.63, 3.8) is 0 Å². The Hall–Kier alpha value is -3.21. The first kappa shape index (κ1) is 17.6. The van der Waals surface area contributed by atoms with Gasteiger partial charge in [-0.25, -0.2) is 18.0 Å². The third-order valence-corrected chi connectivity index (χ3v) is 4.21. The van der Waals surface area contributed by atoms with E-state index in [2.05, 4.69) is 5.32 Å². The van der Waals surface area contributed by atoms with E-state index in [1.807, 2.05) is 6.07 Å². The lowest BCUT2D eigenvalue weighted by Crippen LogP contribution is -2.50. The van der Waals surface area contributed by atoms with Crippen LogP contribution in [-0.4, -0.2) is 37.1 Å². The molecule has 2 aromatic rings. The van der Waals surface area contributed by atoms with Crippen LogP contribution in [0.5, 0.6) is 0 Å². The molecule has 0 bridgehead atoms. The van der Waals surface area contributed by atoms with Crippen LogP contribution in [0.25, 0.3) is 0 Å². The standard InChI is InChI=1S/C18H15F3N4O/c19-13-5-6-15(17(21)16(13)20)24-7-9-25(10-8-24)18(26)23-14-4-2-1-3-12(14)11-22/h1-6H,7-10H2,(H,23,26). The summed E-state index contributed by atoms with van der Waals surface area (Å²) >= 11 is 0. The van der Waals surface area contributed by atoms with Gasteiger partial charge in [0.05, 0.1) is 16.9 Å². The number of nitrogens with one attached hydrogen (secondary N) is 1. The summed E-state index contributed by atoms with van der Waals surface area (Å²) in [6, 6.07) is 10.3. The number of nitrogens with zero attached hydrogens (tertiary/aromatic N) is 3. The second-order valence-corrected chi connectivity index (χ2v) is 5.76. The van der Waals surface area contributed by atoms with Gasteiger partial charge >= 0.3 is 6.03 Å². The molecule has 0 aliphatic carbocycles. The first-order valence-corrected chi connectivity index (χ1v) is 7.94. The van der Waals surface area contributed by atoms with Crippen LogP contribution in [0.4, 0.5) is 29.3 Å². The van der Waals surface area contributed by atoms with Crippen molar-refractivity contribution in [2.24, 2.45) is 0 Å².